The summed E-state index contributed by atoms with van der Waals surface area (Å²) in [4.78, 5) is 12.3. The van der Waals surface area contributed by atoms with Gasteiger partial charge in [0, 0.05) is 23.7 Å². The Morgan fingerprint density at radius 2 is 1.96 bits per heavy atom. The molecule has 1 amide bonds. The van der Waals surface area contributed by atoms with E-state index in [-0.39, 0.29) is 23.7 Å². The minimum atomic E-state index is -4.47. The number of aryl methyl sites for hydroxylation is 1. The number of fused-ring (bicyclic) bond motifs is 1. The molecule has 0 radical (unpaired) electrons. The summed E-state index contributed by atoms with van der Waals surface area (Å²) in [6.45, 7) is 1.88. The van der Waals surface area contributed by atoms with Crippen molar-refractivity contribution in [1.29, 1.82) is 0 Å². The number of amides is 1. The van der Waals surface area contributed by atoms with Crippen molar-refractivity contribution in [3.8, 4) is 0 Å². The molecule has 0 aliphatic heterocycles. The highest BCUT2D eigenvalue weighted by atomic mass is 19.4. The first-order valence-corrected chi connectivity index (χ1v) is 8.98. The normalized spacial score (nSPS) is 15.3. The number of para-hydroxylation sites is 1. The van der Waals surface area contributed by atoms with Crippen LogP contribution in [-0.2, 0) is 30.4 Å². The number of alkyl halides is 3. The number of nitrogens with zero attached hydrogens (tertiary/aromatic N) is 2. The Hall–Kier alpha value is -2.38. The fourth-order valence-corrected chi connectivity index (χ4v) is 3.35. The molecular weight excluding hydrogens is 362 g/mol. The van der Waals surface area contributed by atoms with Crippen molar-refractivity contribution in [1.82, 2.24) is 9.78 Å². The SMILES string of the molecule is CC(CCn1nc(C(F)(F)F)c2c1CCCC2)C(=O)Nc1ccccc1F. The molecule has 1 atom stereocenters. The van der Waals surface area contributed by atoms with Gasteiger partial charge in [0.15, 0.2) is 5.69 Å². The molecule has 0 spiro atoms. The molecule has 3 rings (SSSR count). The van der Waals surface area contributed by atoms with E-state index in [1.807, 2.05) is 0 Å². The van der Waals surface area contributed by atoms with Crippen LogP contribution in [0.5, 0.6) is 0 Å². The molecule has 1 N–H and O–H groups in total. The first-order valence-electron chi connectivity index (χ1n) is 8.98. The summed E-state index contributed by atoms with van der Waals surface area (Å²) in [6.07, 6.45) is -1.66. The minimum Gasteiger partial charge on any atom is -0.323 e. The second-order valence-corrected chi connectivity index (χ2v) is 6.86. The van der Waals surface area contributed by atoms with Crippen LogP contribution in [0.15, 0.2) is 24.3 Å². The van der Waals surface area contributed by atoms with E-state index in [2.05, 4.69) is 10.4 Å². The van der Waals surface area contributed by atoms with Crippen molar-refractivity contribution in [2.75, 3.05) is 5.32 Å². The fourth-order valence-electron chi connectivity index (χ4n) is 3.35. The zero-order valence-corrected chi connectivity index (χ0v) is 14.9. The molecule has 27 heavy (non-hydrogen) atoms. The van der Waals surface area contributed by atoms with Crippen LogP contribution in [0.4, 0.5) is 23.2 Å². The van der Waals surface area contributed by atoms with Gasteiger partial charge < -0.3 is 5.32 Å². The van der Waals surface area contributed by atoms with Crippen LogP contribution in [0.3, 0.4) is 0 Å². The van der Waals surface area contributed by atoms with Gasteiger partial charge in [-0.25, -0.2) is 4.39 Å². The Morgan fingerprint density at radius 1 is 1.26 bits per heavy atom. The van der Waals surface area contributed by atoms with E-state index in [0.717, 1.165) is 12.8 Å². The fraction of sp³-hybridized carbons (Fsp3) is 0.474. The van der Waals surface area contributed by atoms with Crippen LogP contribution in [0.1, 0.15) is 43.1 Å². The van der Waals surface area contributed by atoms with E-state index >= 15 is 0 Å². The van der Waals surface area contributed by atoms with E-state index in [1.54, 1.807) is 13.0 Å². The van der Waals surface area contributed by atoms with E-state index in [9.17, 15) is 22.4 Å². The number of aromatic nitrogens is 2. The Bertz CT molecular complexity index is 829. The van der Waals surface area contributed by atoms with Gasteiger partial charge in [-0.1, -0.05) is 19.1 Å². The van der Waals surface area contributed by atoms with Crippen LogP contribution in [0.2, 0.25) is 0 Å². The van der Waals surface area contributed by atoms with Gasteiger partial charge in [-0.3, -0.25) is 9.48 Å². The lowest BCUT2D eigenvalue weighted by Gasteiger charge is -2.16. The van der Waals surface area contributed by atoms with E-state index in [0.29, 0.717) is 25.0 Å². The van der Waals surface area contributed by atoms with Crippen LogP contribution in [0.25, 0.3) is 0 Å². The van der Waals surface area contributed by atoms with Crippen molar-refractivity contribution in [2.45, 2.75) is 51.7 Å². The number of benzene rings is 1. The number of halogens is 4. The standard InChI is InChI=1S/C19H21F4N3O/c1-12(18(27)24-15-8-4-3-7-14(15)20)10-11-26-16-9-5-2-6-13(16)17(25-26)19(21,22)23/h3-4,7-8,12H,2,5-6,9-11H2,1H3,(H,24,27). The van der Waals surface area contributed by atoms with Gasteiger partial charge in [0.05, 0.1) is 5.69 Å². The summed E-state index contributed by atoms with van der Waals surface area (Å²) < 4.78 is 54.7. The van der Waals surface area contributed by atoms with Gasteiger partial charge in [-0.05, 0) is 44.2 Å². The number of carbonyl (C=O) groups excluding carboxylic acids is 1. The van der Waals surface area contributed by atoms with Gasteiger partial charge in [-0.15, -0.1) is 0 Å². The maximum absolute atomic E-state index is 13.6. The monoisotopic (exact) mass is 383 g/mol. The average Bonchev–Trinajstić information content (AvgIpc) is 3.01. The van der Waals surface area contributed by atoms with Gasteiger partial charge in [0.25, 0.3) is 0 Å². The maximum atomic E-state index is 13.6. The zero-order chi connectivity index (χ0) is 19.6. The third-order valence-corrected chi connectivity index (χ3v) is 4.88. The quantitative estimate of drug-likeness (QED) is 0.768. The molecule has 1 aliphatic carbocycles. The maximum Gasteiger partial charge on any atom is 0.435 e. The molecule has 8 heteroatoms. The molecular formula is C19H21F4N3O. The molecule has 0 saturated carbocycles. The Morgan fingerprint density at radius 3 is 2.67 bits per heavy atom. The summed E-state index contributed by atoms with van der Waals surface area (Å²) in [6, 6.07) is 5.83. The number of hydrogen-bond acceptors (Lipinski definition) is 2. The summed E-state index contributed by atoms with van der Waals surface area (Å²) >= 11 is 0. The van der Waals surface area contributed by atoms with E-state index in [4.69, 9.17) is 0 Å². The lowest BCUT2D eigenvalue weighted by molar-refractivity contribution is -0.142. The van der Waals surface area contributed by atoms with Crippen LogP contribution in [-0.4, -0.2) is 15.7 Å². The van der Waals surface area contributed by atoms with Crippen LogP contribution in [0, 0.1) is 11.7 Å². The molecule has 1 heterocycles. The zero-order valence-electron chi connectivity index (χ0n) is 14.9. The summed E-state index contributed by atoms with van der Waals surface area (Å²) in [5, 5.41) is 6.31. The highest BCUT2D eigenvalue weighted by Crippen LogP contribution is 2.36. The number of nitrogens with one attached hydrogen (secondary N) is 1. The molecule has 0 saturated heterocycles. The van der Waals surface area contributed by atoms with Gasteiger partial charge in [0.1, 0.15) is 5.82 Å². The summed E-state index contributed by atoms with van der Waals surface area (Å²) in [5.41, 5.74) is 0.193. The predicted octanol–water partition coefficient (Wildman–Crippen LogP) is 4.58. The van der Waals surface area contributed by atoms with Crippen molar-refractivity contribution in [3.05, 3.63) is 47.0 Å². The van der Waals surface area contributed by atoms with Gasteiger partial charge in [-0.2, -0.15) is 18.3 Å². The molecule has 1 aromatic heterocycles. The molecule has 146 valence electrons. The highest BCUT2D eigenvalue weighted by molar-refractivity contribution is 5.92. The second kappa shape index (κ2) is 7.70. The Balaban J connectivity index is 1.68. The average molecular weight is 383 g/mol. The van der Waals surface area contributed by atoms with Crippen molar-refractivity contribution >= 4 is 11.6 Å². The van der Waals surface area contributed by atoms with E-state index < -0.39 is 23.6 Å². The van der Waals surface area contributed by atoms with Crippen LogP contribution >= 0.6 is 0 Å². The van der Waals surface area contributed by atoms with Crippen LogP contribution < -0.4 is 5.32 Å². The number of carbonyl (C=O) groups is 1. The van der Waals surface area contributed by atoms with Gasteiger partial charge >= 0.3 is 6.18 Å². The third-order valence-electron chi connectivity index (χ3n) is 4.88. The first-order chi connectivity index (χ1) is 12.8. The predicted molar refractivity (Wildman–Crippen MR) is 92.7 cm³/mol. The molecule has 0 fully saturated rings. The Kier molecular flexibility index (Phi) is 5.53. The summed E-state index contributed by atoms with van der Waals surface area (Å²) in [5.74, 6) is -1.41. The summed E-state index contributed by atoms with van der Waals surface area (Å²) in [7, 11) is 0. The smallest absolute Gasteiger partial charge is 0.323 e. The van der Waals surface area contributed by atoms with Crippen molar-refractivity contribution < 1.29 is 22.4 Å². The molecule has 1 unspecified atom stereocenters. The number of rotatable bonds is 5. The lowest BCUT2D eigenvalue weighted by atomic mass is 9.95. The number of anilines is 1. The lowest BCUT2D eigenvalue weighted by Crippen LogP contribution is -2.23. The largest absolute Gasteiger partial charge is 0.435 e. The van der Waals surface area contributed by atoms with Crippen molar-refractivity contribution in [3.63, 3.8) is 0 Å². The Labute approximate surface area is 154 Å². The number of hydrogen-bond donors (Lipinski definition) is 1. The topological polar surface area (TPSA) is 46.9 Å². The molecule has 4 nitrogen and oxygen atoms in total. The minimum absolute atomic E-state index is 0.0881. The molecule has 1 aromatic carbocycles. The highest BCUT2D eigenvalue weighted by Gasteiger charge is 2.39. The first kappa shape index (κ1) is 19.4. The molecule has 2 aromatic rings. The van der Waals surface area contributed by atoms with E-state index in [1.165, 1.54) is 22.9 Å². The molecule has 1 aliphatic rings. The third kappa shape index (κ3) is 4.31. The molecule has 0 bridgehead atoms. The second-order valence-electron chi connectivity index (χ2n) is 6.86. The van der Waals surface area contributed by atoms with Crippen molar-refractivity contribution in [2.24, 2.45) is 5.92 Å². The van der Waals surface area contributed by atoms with Gasteiger partial charge in [0.2, 0.25) is 5.91 Å².